The molecule has 158 valence electrons. The van der Waals surface area contributed by atoms with Crippen molar-refractivity contribution in [1.82, 2.24) is 10.2 Å². The molecule has 2 N–H and O–H groups in total. The van der Waals surface area contributed by atoms with Gasteiger partial charge in [0.15, 0.2) is 5.78 Å². The summed E-state index contributed by atoms with van der Waals surface area (Å²) in [7, 11) is 0. The van der Waals surface area contributed by atoms with Gasteiger partial charge in [-0.05, 0) is 52.9 Å². The molecule has 3 aromatic rings. The Balaban J connectivity index is 1.54. The Hall–Kier alpha value is -3.21. The number of carbonyl (C=O) groups excluding carboxylic acids is 1. The minimum Gasteiger partial charge on any atom is -0.507 e. The highest BCUT2D eigenvalue weighted by Crippen LogP contribution is 2.27. The number of nitrogens with zero attached hydrogens (tertiary/aromatic N) is 1. The van der Waals surface area contributed by atoms with Gasteiger partial charge in [-0.1, -0.05) is 60.7 Å². The summed E-state index contributed by atoms with van der Waals surface area (Å²) in [4.78, 5) is 15.2. The Morgan fingerprint density at radius 3 is 2.58 bits per heavy atom. The van der Waals surface area contributed by atoms with Gasteiger partial charge in [0.25, 0.3) is 0 Å². The van der Waals surface area contributed by atoms with Crippen LogP contribution in [-0.4, -0.2) is 42.0 Å². The van der Waals surface area contributed by atoms with E-state index >= 15 is 0 Å². The smallest absolute Gasteiger partial charge is 0.189 e. The van der Waals surface area contributed by atoms with Crippen molar-refractivity contribution in [2.24, 2.45) is 0 Å². The minimum absolute atomic E-state index is 0.0217. The number of phenols is 1. The number of aromatic hydroxyl groups is 1. The standard InChI is InChI=1S/C27H28N2O2/c1-20-22(8-5-9-24(20)23-6-3-2-4-7-23)11-13-27(31)25-18-21(10-12-26(25)30)19-29-16-14-28-15-17-29/h2-13,18,28,30H,14-17,19H2,1H3/b13-11+. The van der Waals surface area contributed by atoms with E-state index in [9.17, 15) is 9.90 Å². The number of rotatable bonds is 6. The van der Waals surface area contributed by atoms with Gasteiger partial charge in [0.05, 0.1) is 5.56 Å². The fourth-order valence-electron chi connectivity index (χ4n) is 4.03. The molecule has 4 rings (SSSR count). The van der Waals surface area contributed by atoms with E-state index in [4.69, 9.17) is 0 Å². The second-order valence-electron chi connectivity index (χ2n) is 7.96. The monoisotopic (exact) mass is 412 g/mol. The third-order valence-electron chi connectivity index (χ3n) is 5.82. The molecule has 4 nitrogen and oxygen atoms in total. The Kier molecular flexibility index (Phi) is 6.60. The molecule has 31 heavy (non-hydrogen) atoms. The molecule has 1 fully saturated rings. The zero-order valence-electron chi connectivity index (χ0n) is 17.8. The van der Waals surface area contributed by atoms with E-state index < -0.39 is 0 Å². The van der Waals surface area contributed by atoms with Gasteiger partial charge in [0.1, 0.15) is 5.75 Å². The fourth-order valence-corrected chi connectivity index (χ4v) is 4.03. The largest absolute Gasteiger partial charge is 0.507 e. The van der Waals surface area contributed by atoms with Crippen LogP contribution < -0.4 is 5.32 Å². The zero-order valence-corrected chi connectivity index (χ0v) is 17.8. The topological polar surface area (TPSA) is 52.6 Å². The number of benzene rings is 3. The highest BCUT2D eigenvalue weighted by molar-refractivity contribution is 6.08. The Morgan fingerprint density at radius 1 is 1.03 bits per heavy atom. The van der Waals surface area contributed by atoms with E-state index in [-0.39, 0.29) is 11.5 Å². The molecule has 0 unspecified atom stereocenters. The number of carbonyl (C=O) groups is 1. The maximum atomic E-state index is 12.9. The van der Waals surface area contributed by atoms with Gasteiger partial charge in [0, 0.05) is 32.7 Å². The first-order chi connectivity index (χ1) is 15.1. The SMILES string of the molecule is Cc1c(/C=C/C(=O)c2cc(CN3CCNCC3)ccc2O)cccc1-c1ccccc1. The van der Waals surface area contributed by atoms with Gasteiger partial charge in [-0.2, -0.15) is 0 Å². The van der Waals surface area contributed by atoms with Crippen molar-refractivity contribution in [3.63, 3.8) is 0 Å². The Bertz CT molecular complexity index is 1080. The second kappa shape index (κ2) is 9.73. The maximum Gasteiger partial charge on any atom is 0.189 e. The zero-order chi connectivity index (χ0) is 21.6. The van der Waals surface area contributed by atoms with Gasteiger partial charge in [-0.15, -0.1) is 0 Å². The van der Waals surface area contributed by atoms with E-state index in [2.05, 4.69) is 35.3 Å². The number of hydrogen-bond donors (Lipinski definition) is 2. The summed E-state index contributed by atoms with van der Waals surface area (Å²) in [5, 5.41) is 13.6. The summed E-state index contributed by atoms with van der Waals surface area (Å²) in [5.74, 6) is -0.169. The van der Waals surface area contributed by atoms with Crippen molar-refractivity contribution < 1.29 is 9.90 Å². The fraction of sp³-hybridized carbons (Fsp3) is 0.222. The summed E-state index contributed by atoms with van der Waals surface area (Å²) >= 11 is 0. The Morgan fingerprint density at radius 2 is 1.81 bits per heavy atom. The summed E-state index contributed by atoms with van der Waals surface area (Å²) in [6.07, 6.45) is 3.40. The van der Waals surface area contributed by atoms with Crippen LogP contribution in [0.3, 0.4) is 0 Å². The molecule has 3 aromatic carbocycles. The lowest BCUT2D eigenvalue weighted by molar-refractivity contribution is 0.104. The van der Waals surface area contributed by atoms with Crippen LogP contribution in [0.4, 0.5) is 0 Å². The minimum atomic E-state index is -0.191. The first-order valence-corrected chi connectivity index (χ1v) is 10.7. The highest BCUT2D eigenvalue weighted by Gasteiger charge is 2.14. The van der Waals surface area contributed by atoms with Gasteiger partial charge in [-0.25, -0.2) is 0 Å². The molecule has 0 radical (unpaired) electrons. The third-order valence-corrected chi connectivity index (χ3v) is 5.82. The molecule has 0 amide bonds. The van der Waals surface area contributed by atoms with Crippen LogP contribution in [0.2, 0.25) is 0 Å². The van der Waals surface area contributed by atoms with Crippen molar-refractivity contribution in [2.75, 3.05) is 26.2 Å². The highest BCUT2D eigenvalue weighted by atomic mass is 16.3. The predicted octanol–water partition coefficient (Wildman–Crippen LogP) is 4.67. The van der Waals surface area contributed by atoms with Crippen molar-refractivity contribution in [1.29, 1.82) is 0 Å². The van der Waals surface area contributed by atoms with Gasteiger partial charge < -0.3 is 10.4 Å². The van der Waals surface area contributed by atoms with E-state index in [1.807, 2.05) is 48.5 Å². The second-order valence-corrected chi connectivity index (χ2v) is 7.96. The van der Waals surface area contributed by atoms with Crippen LogP contribution in [0.1, 0.15) is 27.0 Å². The van der Waals surface area contributed by atoms with Gasteiger partial charge in [0.2, 0.25) is 0 Å². The quantitative estimate of drug-likeness (QED) is 0.456. The molecular weight excluding hydrogens is 384 g/mol. The molecular formula is C27H28N2O2. The van der Waals surface area contributed by atoms with E-state index in [1.165, 1.54) is 0 Å². The van der Waals surface area contributed by atoms with E-state index in [1.54, 1.807) is 12.1 Å². The predicted molar refractivity (Wildman–Crippen MR) is 126 cm³/mol. The lowest BCUT2D eigenvalue weighted by Gasteiger charge is -2.27. The number of nitrogens with one attached hydrogen (secondary N) is 1. The van der Waals surface area contributed by atoms with Crippen molar-refractivity contribution in [2.45, 2.75) is 13.5 Å². The van der Waals surface area contributed by atoms with E-state index in [0.717, 1.165) is 60.5 Å². The third kappa shape index (κ3) is 5.10. The summed E-state index contributed by atoms with van der Waals surface area (Å²) in [5.41, 5.74) is 5.80. The number of allylic oxidation sites excluding steroid dienone is 1. The van der Waals surface area contributed by atoms with Crippen LogP contribution in [0.15, 0.2) is 72.8 Å². The average Bonchev–Trinajstić information content (AvgIpc) is 2.81. The Labute approximate surface area is 183 Å². The molecule has 0 bridgehead atoms. The molecule has 0 aromatic heterocycles. The molecule has 0 spiro atoms. The van der Waals surface area contributed by atoms with Crippen molar-refractivity contribution >= 4 is 11.9 Å². The molecule has 0 atom stereocenters. The average molecular weight is 413 g/mol. The summed E-state index contributed by atoms with van der Waals surface area (Å²) < 4.78 is 0. The van der Waals surface area contributed by atoms with Crippen molar-refractivity contribution in [3.8, 4) is 16.9 Å². The summed E-state index contributed by atoms with van der Waals surface area (Å²) in [6, 6.07) is 21.7. The number of phenolic OH excluding ortho intramolecular Hbond substituents is 1. The van der Waals surface area contributed by atoms with Crippen LogP contribution in [0.25, 0.3) is 17.2 Å². The first-order valence-electron chi connectivity index (χ1n) is 10.7. The lowest BCUT2D eigenvalue weighted by Crippen LogP contribution is -2.42. The molecule has 1 aliphatic rings. The molecule has 4 heteroatoms. The van der Waals surface area contributed by atoms with Crippen LogP contribution >= 0.6 is 0 Å². The molecule has 0 aliphatic carbocycles. The summed E-state index contributed by atoms with van der Waals surface area (Å²) in [6.45, 7) is 6.78. The first kappa shape index (κ1) is 21.0. The normalized spacial score (nSPS) is 14.7. The number of hydrogen-bond acceptors (Lipinski definition) is 4. The number of ketones is 1. The van der Waals surface area contributed by atoms with Gasteiger partial charge >= 0.3 is 0 Å². The van der Waals surface area contributed by atoms with Crippen LogP contribution in [-0.2, 0) is 6.54 Å². The number of piperazine rings is 1. The molecule has 1 saturated heterocycles. The molecule has 0 saturated carbocycles. The maximum absolute atomic E-state index is 12.9. The van der Waals surface area contributed by atoms with Crippen LogP contribution in [0, 0.1) is 6.92 Å². The van der Waals surface area contributed by atoms with Crippen LogP contribution in [0.5, 0.6) is 5.75 Å². The van der Waals surface area contributed by atoms with E-state index in [0.29, 0.717) is 5.56 Å². The lowest BCUT2D eigenvalue weighted by atomic mass is 9.96. The van der Waals surface area contributed by atoms with Crippen molar-refractivity contribution in [3.05, 3.63) is 95.1 Å². The molecule has 1 heterocycles. The van der Waals surface area contributed by atoms with Gasteiger partial charge in [-0.3, -0.25) is 9.69 Å². The molecule has 1 aliphatic heterocycles.